The molecule has 1 aromatic rings. The molecular formula is C14H19ClF2O2. The molecule has 108 valence electrons. The largest absolute Gasteiger partial charge is 0.485 e. The van der Waals surface area contributed by atoms with Gasteiger partial charge in [-0.1, -0.05) is 13.8 Å². The molecule has 0 saturated carbocycles. The molecule has 0 spiro atoms. The van der Waals surface area contributed by atoms with Gasteiger partial charge >= 0.3 is 0 Å². The molecule has 2 nitrogen and oxygen atoms in total. The highest BCUT2D eigenvalue weighted by Gasteiger charge is 2.12. The van der Waals surface area contributed by atoms with E-state index < -0.39 is 11.6 Å². The second-order valence-corrected chi connectivity index (χ2v) is 4.93. The molecule has 0 aliphatic heterocycles. The number of halogens is 3. The van der Waals surface area contributed by atoms with Crippen LogP contribution < -0.4 is 4.74 Å². The van der Waals surface area contributed by atoms with Gasteiger partial charge in [-0.15, -0.1) is 11.6 Å². The third-order valence-electron chi connectivity index (χ3n) is 2.53. The summed E-state index contributed by atoms with van der Waals surface area (Å²) in [4.78, 5) is 0. The third-order valence-corrected chi connectivity index (χ3v) is 2.83. The summed E-state index contributed by atoms with van der Waals surface area (Å²) in [6.45, 7) is 5.25. The van der Waals surface area contributed by atoms with Crippen LogP contribution in [0.25, 0.3) is 0 Å². The van der Waals surface area contributed by atoms with Crippen LogP contribution in [0.4, 0.5) is 8.78 Å². The first-order valence-corrected chi connectivity index (χ1v) is 6.82. The molecule has 0 fully saturated rings. The van der Waals surface area contributed by atoms with Gasteiger partial charge in [0.05, 0.1) is 6.61 Å². The number of hydrogen-bond donors (Lipinski definition) is 0. The zero-order valence-corrected chi connectivity index (χ0v) is 12.0. The molecule has 0 aliphatic carbocycles. The second kappa shape index (κ2) is 8.33. The molecule has 0 N–H and O–H groups in total. The zero-order valence-electron chi connectivity index (χ0n) is 11.2. The fraction of sp³-hybridized carbons (Fsp3) is 0.571. The van der Waals surface area contributed by atoms with Crippen molar-refractivity contribution in [2.45, 2.75) is 26.1 Å². The van der Waals surface area contributed by atoms with E-state index in [0.29, 0.717) is 24.7 Å². The lowest BCUT2D eigenvalue weighted by Gasteiger charge is -2.10. The smallest absolute Gasteiger partial charge is 0.190 e. The summed E-state index contributed by atoms with van der Waals surface area (Å²) in [5.41, 5.74) is 0.386. The minimum atomic E-state index is -0.738. The Morgan fingerprint density at radius 3 is 2.26 bits per heavy atom. The van der Waals surface area contributed by atoms with Crippen molar-refractivity contribution in [3.63, 3.8) is 0 Å². The van der Waals surface area contributed by atoms with Crippen LogP contribution in [0.3, 0.4) is 0 Å². The van der Waals surface area contributed by atoms with Crippen LogP contribution in [0.2, 0.25) is 0 Å². The van der Waals surface area contributed by atoms with Crippen molar-refractivity contribution in [3.05, 3.63) is 29.3 Å². The van der Waals surface area contributed by atoms with Crippen molar-refractivity contribution in [3.8, 4) is 5.75 Å². The number of alkyl halides is 1. The van der Waals surface area contributed by atoms with Gasteiger partial charge in [0, 0.05) is 12.5 Å². The maximum atomic E-state index is 13.5. The van der Waals surface area contributed by atoms with Gasteiger partial charge in [0.1, 0.15) is 6.61 Å². The van der Waals surface area contributed by atoms with E-state index in [9.17, 15) is 8.78 Å². The number of rotatable bonds is 8. The van der Waals surface area contributed by atoms with Crippen LogP contribution in [0.5, 0.6) is 5.75 Å². The molecule has 19 heavy (non-hydrogen) atoms. The van der Waals surface area contributed by atoms with Crippen LogP contribution >= 0.6 is 11.6 Å². The van der Waals surface area contributed by atoms with Gasteiger partial charge in [0.25, 0.3) is 0 Å². The molecule has 0 radical (unpaired) electrons. The summed E-state index contributed by atoms with van der Waals surface area (Å²) in [6, 6.07) is 2.34. The van der Waals surface area contributed by atoms with Crippen molar-refractivity contribution in [2.75, 3.05) is 19.8 Å². The van der Waals surface area contributed by atoms with Crippen molar-refractivity contribution in [1.82, 2.24) is 0 Å². The highest BCUT2D eigenvalue weighted by molar-refractivity contribution is 6.17. The van der Waals surface area contributed by atoms with E-state index >= 15 is 0 Å². The zero-order chi connectivity index (χ0) is 14.3. The van der Waals surface area contributed by atoms with Crippen LogP contribution in [-0.2, 0) is 10.6 Å². The summed E-state index contributed by atoms with van der Waals surface area (Å²) in [5, 5.41) is 0. The van der Waals surface area contributed by atoms with Gasteiger partial charge in [0.15, 0.2) is 17.4 Å². The van der Waals surface area contributed by atoms with Gasteiger partial charge in [-0.25, -0.2) is 8.78 Å². The van der Waals surface area contributed by atoms with Crippen molar-refractivity contribution in [2.24, 2.45) is 5.92 Å². The Labute approximate surface area is 117 Å². The highest BCUT2D eigenvalue weighted by atomic mass is 35.5. The minimum Gasteiger partial charge on any atom is -0.485 e. The van der Waals surface area contributed by atoms with E-state index in [2.05, 4.69) is 13.8 Å². The second-order valence-electron chi connectivity index (χ2n) is 4.67. The number of hydrogen-bond acceptors (Lipinski definition) is 2. The first-order valence-electron chi connectivity index (χ1n) is 6.29. The Morgan fingerprint density at radius 1 is 1.11 bits per heavy atom. The lowest BCUT2D eigenvalue weighted by atomic mass is 10.1. The molecule has 0 saturated heterocycles. The molecule has 1 rings (SSSR count). The van der Waals surface area contributed by atoms with Crippen molar-refractivity contribution < 1.29 is 18.3 Å². The molecule has 1 aromatic carbocycles. The average molecular weight is 293 g/mol. The molecule has 0 amide bonds. The summed E-state index contributed by atoms with van der Waals surface area (Å²) >= 11 is 5.52. The van der Waals surface area contributed by atoms with E-state index in [0.717, 1.165) is 6.42 Å². The summed E-state index contributed by atoms with van der Waals surface area (Å²) in [5.74, 6) is -1.22. The lowest BCUT2D eigenvalue weighted by Crippen LogP contribution is -2.10. The molecule has 0 heterocycles. The molecule has 0 unspecified atom stereocenters. The van der Waals surface area contributed by atoms with Gasteiger partial charge < -0.3 is 9.47 Å². The topological polar surface area (TPSA) is 18.5 Å². The van der Waals surface area contributed by atoms with Gasteiger partial charge in [-0.2, -0.15) is 0 Å². The average Bonchev–Trinajstić information content (AvgIpc) is 2.35. The lowest BCUT2D eigenvalue weighted by molar-refractivity contribution is 0.0899. The molecule has 5 heteroatoms. The fourth-order valence-electron chi connectivity index (χ4n) is 1.45. The van der Waals surface area contributed by atoms with Gasteiger partial charge in [0.2, 0.25) is 0 Å². The third kappa shape index (κ3) is 5.74. The maximum absolute atomic E-state index is 13.5. The Morgan fingerprint density at radius 2 is 1.74 bits per heavy atom. The van der Waals surface area contributed by atoms with Crippen LogP contribution in [0.15, 0.2) is 12.1 Å². The molecule has 0 aliphatic rings. The quantitative estimate of drug-likeness (QED) is 0.529. The molecule has 0 aromatic heterocycles. The van der Waals surface area contributed by atoms with Crippen LogP contribution in [0.1, 0.15) is 25.8 Å². The van der Waals surface area contributed by atoms with E-state index in [1.54, 1.807) is 0 Å². The summed E-state index contributed by atoms with van der Waals surface area (Å²) < 4.78 is 37.4. The SMILES string of the molecule is CC(C)CCOCCOc1c(F)cc(CCl)cc1F. The fourth-order valence-corrected chi connectivity index (χ4v) is 1.61. The monoisotopic (exact) mass is 292 g/mol. The highest BCUT2D eigenvalue weighted by Crippen LogP contribution is 2.24. The maximum Gasteiger partial charge on any atom is 0.190 e. The number of benzene rings is 1. The van der Waals surface area contributed by atoms with E-state index in [1.165, 1.54) is 12.1 Å². The predicted molar refractivity (Wildman–Crippen MR) is 71.7 cm³/mol. The first kappa shape index (κ1) is 16.2. The Balaban J connectivity index is 2.37. The standard InChI is InChI=1S/C14H19ClF2O2/c1-10(2)3-4-18-5-6-19-14-12(16)7-11(9-15)8-13(14)17/h7-8,10H,3-6,9H2,1-2H3. The molecule has 0 atom stereocenters. The van der Waals surface area contributed by atoms with Crippen molar-refractivity contribution >= 4 is 11.6 Å². The van der Waals surface area contributed by atoms with Gasteiger partial charge in [-0.05, 0) is 30.0 Å². The van der Waals surface area contributed by atoms with Gasteiger partial charge in [-0.3, -0.25) is 0 Å². The first-order chi connectivity index (χ1) is 9.04. The minimum absolute atomic E-state index is 0.0619. The Kier molecular flexibility index (Phi) is 7.10. The molecule has 0 bridgehead atoms. The molecular weight excluding hydrogens is 274 g/mol. The Bertz CT molecular complexity index is 374. The van der Waals surface area contributed by atoms with E-state index in [-0.39, 0.29) is 18.2 Å². The summed E-state index contributed by atoms with van der Waals surface area (Å²) in [7, 11) is 0. The van der Waals surface area contributed by atoms with Crippen LogP contribution in [-0.4, -0.2) is 19.8 Å². The normalized spacial score (nSPS) is 11.1. The van der Waals surface area contributed by atoms with E-state index in [4.69, 9.17) is 21.1 Å². The van der Waals surface area contributed by atoms with E-state index in [1.807, 2.05) is 0 Å². The van der Waals surface area contributed by atoms with Crippen molar-refractivity contribution in [1.29, 1.82) is 0 Å². The predicted octanol–water partition coefficient (Wildman–Crippen LogP) is 4.15. The summed E-state index contributed by atoms with van der Waals surface area (Å²) in [6.07, 6.45) is 0.952. The van der Waals surface area contributed by atoms with Crippen LogP contribution in [0, 0.1) is 17.6 Å². The number of ether oxygens (including phenoxy) is 2. The Hall–Kier alpha value is -0.870.